The summed E-state index contributed by atoms with van der Waals surface area (Å²) in [6.45, 7) is 0. The summed E-state index contributed by atoms with van der Waals surface area (Å²) in [5.74, 6) is 0. The number of aromatic nitrogens is 1. The van der Waals surface area contributed by atoms with Gasteiger partial charge in [0.25, 0.3) is 5.56 Å². The van der Waals surface area contributed by atoms with Crippen LogP contribution in [0.3, 0.4) is 0 Å². The molecule has 0 amide bonds. The molecule has 1 aliphatic heterocycles. The number of hydrogen-bond acceptors (Lipinski definition) is 2. The van der Waals surface area contributed by atoms with Crippen molar-refractivity contribution < 1.29 is 0 Å². The number of fused-ring (bicyclic) bond motifs is 3. The van der Waals surface area contributed by atoms with Gasteiger partial charge in [-0.3, -0.25) is 4.79 Å². The van der Waals surface area contributed by atoms with Gasteiger partial charge in [-0.15, -0.1) is 0 Å². The van der Waals surface area contributed by atoms with Gasteiger partial charge in [0.1, 0.15) is 5.69 Å². The van der Waals surface area contributed by atoms with Crippen LogP contribution in [-0.2, 0) is 0 Å². The van der Waals surface area contributed by atoms with E-state index in [1.807, 2.05) is 42.5 Å². The van der Waals surface area contributed by atoms with Crippen molar-refractivity contribution in [3.05, 3.63) is 58.5 Å². The fourth-order valence-electron chi connectivity index (χ4n) is 1.92. The third-order valence-corrected chi connectivity index (χ3v) is 2.66. The summed E-state index contributed by atoms with van der Waals surface area (Å²) in [6, 6.07) is 7.79. The molecule has 0 saturated carbocycles. The first kappa shape index (κ1) is 8.97. The molecule has 2 heterocycles. The van der Waals surface area contributed by atoms with Gasteiger partial charge in [-0.25, -0.2) is 0 Å². The van der Waals surface area contributed by atoms with Crippen LogP contribution in [0.4, 0.5) is 5.69 Å². The third-order valence-electron chi connectivity index (χ3n) is 2.66. The Balaban J connectivity index is 2.48. The van der Waals surface area contributed by atoms with Gasteiger partial charge in [-0.1, -0.05) is 30.4 Å². The molecule has 1 aliphatic rings. The molecule has 1 aromatic heterocycles. The van der Waals surface area contributed by atoms with Gasteiger partial charge in [0, 0.05) is 22.7 Å². The van der Waals surface area contributed by atoms with Crippen LogP contribution >= 0.6 is 0 Å². The molecule has 0 atom stereocenters. The summed E-state index contributed by atoms with van der Waals surface area (Å²) in [7, 11) is 0. The average Bonchev–Trinajstić information content (AvgIpc) is 2.55. The first-order valence-corrected chi connectivity index (χ1v) is 5.11. The number of allylic oxidation sites excluding steroid dienone is 2. The molecule has 2 N–H and O–H groups in total. The highest BCUT2D eigenvalue weighted by Gasteiger charge is 2.09. The van der Waals surface area contributed by atoms with E-state index in [1.165, 1.54) is 0 Å². The zero-order chi connectivity index (χ0) is 11.0. The Morgan fingerprint density at radius 1 is 1.06 bits per heavy atom. The SMILES string of the molecule is O=c1[nH]c2ccccc2c2c1NC=CC=C2. The first-order chi connectivity index (χ1) is 7.86. The lowest BCUT2D eigenvalue weighted by atomic mass is 10.1. The normalized spacial score (nSPS) is 13.2. The summed E-state index contributed by atoms with van der Waals surface area (Å²) < 4.78 is 0. The summed E-state index contributed by atoms with van der Waals surface area (Å²) >= 11 is 0. The second kappa shape index (κ2) is 3.38. The van der Waals surface area contributed by atoms with E-state index in [2.05, 4.69) is 10.3 Å². The van der Waals surface area contributed by atoms with Crippen molar-refractivity contribution in [2.45, 2.75) is 0 Å². The summed E-state index contributed by atoms with van der Waals surface area (Å²) in [5.41, 5.74) is 2.30. The number of aromatic amines is 1. The molecule has 0 unspecified atom stereocenters. The minimum absolute atomic E-state index is 0.0927. The molecular weight excluding hydrogens is 200 g/mol. The van der Waals surface area contributed by atoms with E-state index in [1.54, 1.807) is 6.20 Å². The Labute approximate surface area is 92.1 Å². The number of H-pyrrole nitrogens is 1. The van der Waals surface area contributed by atoms with E-state index in [9.17, 15) is 4.79 Å². The molecule has 0 bridgehead atoms. The lowest BCUT2D eigenvalue weighted by molar-refractivity contribution is 1.29. The van der Waals surface area contributed by atoms with Gasteiger partial charge in [-0.05, 0) is 12.1 Å². The molecule has 3 nitrogen and oxygen atoms in total. The van der Waals surface area contributed by atoms with Crippen LogP contribution in [0.15, 0.2) is 47.4 Å². The Bertz CT molecular complexity index is 665. The number of benzene rings is 1. The number of pyridine rings is 1. The maximum Gasteiger partial charge on any atom is 0.272 e. The second-order valence-corrected chi connectivity index (χ2v) is 3.65. The highest BCUT2D eigenvalue weighted by molar-refractivity contribution is 5.93. The fourth-order valence-corrected chi connectivity index (χ4v) is 1.92. The van der Waals surface area contributed by atoms with Crippen molar-refractivity contribution in [3.63, 3.8) is 0 Å². The Hall–Kier alpha value is -2.29. The lowest BCUT2D eigenvalue weighted by Gasteiger charge is -2.07. The highest BCUT2D eigenvalue weighted by Crippen LogP contribution is 2.23. The minimum Gasteiger partial charge on any atom is -0.357 e. The van der Waals surface area contributed by atoms with Gasteiger partial charge >= 0.3 is 0 Å². The Kier molecular flexibility index (Phi) is 1.90. The zero-order valence-corrected chi connectivity index (χ0v) is 8.53. The van der Waals surface area contributed by atoms with E-state index in [4.69, 9.17) is 0 Å². The fraction of sp³-hybridized carbons (Fsp3) is 0. The maximum absolute atomic E-state index is 11.8. The summed E-state index contributed by atoms with van der Waals surface area (Å²) in [4.78, 5) is 14.7. The second-order valence-electron chi connectivity index (χ2n) is 3.65. The average molecular weight is 210 g/mol. The zero-order valence-electron chi connectivity index (χ0n) is 8.53. The lowest BCUT2D eigenvalue weighted by Crippen LogP contribution is -2.12. The Morgan fingerprint density at radius 3 is 2.88 bits per heavy atom. The molecule has 78 valence electrons. The van der Waals surface area contributed by atoms with Crippen LogP contribution in [-0.4, -0.2) is 4.98 Å². The molecule has 16 heavy (non-hydrogen) atoms. The van der Waals surface area contributed by atoms with E-state index in [0.717, 1.165) is 16.5 Å². The molecule has 0 saturated heterocycles. The van der Waals surface area contributed by atoms with Gasteiger partial charge in [-0.2, -0.15) is 0 Å². The van der Waals surface area contributed by atoms with Crippen molar-refractivity contribution in [1.82, 2.24) is 4.98 Å². The van der Waals surface area contributed by atoms with Crippen LogP contribution in [0.2, 0.25) is 0 Å². The van der Waals surface area contributed by atoms with Gasteiger partial charge < -0.3 is 10.3 Å². The molecule has 0 radical (unpaired) electrons. The number of para-hydroxylation sites is 1. The van der Waals surface area contributed by atoms with Crippen LogP contribution in [0.5, 0.6) is 0 Å². The van der Waals surface area contributed by atoms with E-state index >= 15 is 0 Å². The smallest absolute Gasteiger partial charge is 0.272 e. The molecule has 1 aromatic carbocycles. The van der Waals surface area contributed by atoms with Crippen molar-refractivity contribution in [2.75, 3.05) is 5.32 Å². The summed E-state index contributed by atoms with van der Waals surface area (Å²) in [5, 5.41) is 4.04. The third kappa shape index (κ3) is 1.26. The molecule has 3 rings (SSSR count). The van der Waals surface area contributed by atoms with Crippen LogP contribution in [0.1, 0.15) is 5.56 Å². The summed E-state index contributed by atoms with van der Waals surface area (Å²) in [6.07, 6.45) is 7.49. The van der Waals surface area contributed by atoms with Crippen molar-refractivity contribution >= 4 is 22.7 Å². The molecule has 0 fully saturated rings. The standard InChI is InChI=1S/C13H10N2O/c16-13-12-10(6-3-4-8-14-12)9-5-1-2-7-11(9)15-13/h1-8,14H,(H,15,16). The van der Waals surface area contributed by atoms with Gasteiger partial charge in [0.05, 0.1) is 0 Å². The van der Waals surface area contributed by atoms with Crippen molar-refractivity contribution in [3.8, 4) is 0 Å². The van der Waals surface area contributed by atoms with Crippen molar-refractivity contribution in [2.24, 2.45) is 0 Å². The first-order valence-electron chi connectivity index (χ1n) is 5.11. The largest absolute Gasteiger partial charge is 0.357 e. The van der Waals surface area contributed by atoms with E-state index < -0.39 is 0 Å². The molecule has 3 heteroatoms. The van der Waals surface area contributed by atoms with Crippen LogP contribution < -0.4 is 10.9 Å². The van der Waals surface area contributed by atoms with Crippen LogP contribution in [0.25, 0.3) is 17.0 Å². The Morgan fingerprint density at radius 2 is 1.94 bits per heavy atom. The molecule has 0 spiro atoms. The predicted molar refractivity (Wildman–Crippen MR) is 66.4 cm³/mol. The number of nitrogens with one attached hydrogen (secondary N) is 2. The maximum atomic E-state index is 11.8. The van der Waals surface area contributed by atoms with Gasteiger partial charge in [0.2, 0.25) is 0 Å². The number of rotatable bonds is 0. The molecule has 0 aliphatic carbocycles. The van der Waals surface area contributed by atoms with Crippen molar-refractivity contribution in [1.29, 1.82) is 0 Å². The topological polar surface area (TPSA) is 44.9 Å². The number of hydrogen-bond donors (Lipinski definition) is 2. The predicted octanol–water partition coefficient (Wildman–Crippen LogP) is 2.48. The minimum atomic E-state index is -0.0927. The van der Waals surface area contributed by atoms with E-state index in [-0.39, 0.29) is 5.56 Å². The highest BCUT2D eigenvalue weighted by atomic mass is 16.1. The van der Waals surface area contributed by atoms with Gasteiger partial charge in [0.15, 0.2) is 0 Å². The molecule has 2 aromatic rings. The molecular formula is C13H10N2O. The monoisotopic (exact) mass is 210 g/mol. The quantitative estimate of drug-likeness (QED) is 0.701. The number of anilines is 1. The van der Waals surface area contributed by atoms with Crippen LogP contribution in [0, 0.1) is 0 Å². The van der Waals surface area contributed by atoms with E-state index in [0.29, 0.717) is 5.69 Å².